The van der Waals surface area contributed by atoms with Gasteiger partial charge in [0.15, 0.2) is 0 Å². The van der Waals surface area contributed by atoms with E-state index in [1.165, 1.54) is 11.1 Å². The largest absolute Gasteiger partial charge is 0.491 e. The molecule has 3 aromatic heterocycles. The maximum atomic E-state index is 5.92. The van der Waals surface area contributed by atoms with Crippen molar-refractivity contribution in [2.45, 2.75) is 6.42 Å². The Bertz CT molecular complexity index is 813. The summed E-state index contributed by atoms with van der Waals surface area (Å²) in [7, 11) is 0. The minimum Gasteiger partial charge on any atom is -0.491 e. The first-order chi connectivity index (χ1) is 12.4. The molecule has 4 heterocycles. The van der Waals surface area contributed by atoms with E-state index in [0.29, 0.717) is 6.61 Å². The zero-order valence-electron chi connectivity index (χ0n) is 14.1. The topological polar surface area (TPSA) is 63.3 Å². The van der Waals surface area contributed by atoms with Crippen molar-refractivity contribution in [3.8, 4) is 5.75 Å². The van der Waals surface area contributed by atoms with Crippen LogP contribution in [-0.2, 0) is 11.2 Å². The molecule has 4 rings (SSSR count). The second kappa shape index (κ2) is 7.63. The van der Waals surface area contributed by atoms with E-state index in [2.05, 4.69) is 32.0 Å². The average Bonchev–Trinajstić information content (AvgIpc) is 3.06. The number of nitrogens with zero attached hydrogens (tertiary/aromatic N) is 3. The number of nitrogens with one attached hydrogen (secondary N) is 1. The number of rotatable bonds is 6. The maximum Gasteiger partial charge on any atom is 0.138 e. The summed E-state index contributed by atoms with van der Waals surface area (Å²) in [4.78, 5) is 14.3. The van der Waals surface area contributed by atoms with Gasteiger partial charge in [-0.2, -0.15) is 0 Å². The number of hydrogen-bond donors (Lipinski definition) is 1. The fraction of sp³-hybridized carbons (Fsp3) is 0.368. The lowest BCUT2D eigenvalue weighted by molar-refractivity contribution is 0.0322. The van der Waals surface area contributed by atoms with Gasteiger partial charge in [-0.15, -0.1) is 0 Å². The third-order valence-electron chi connectivity index (χ3n) is 4.49. The van der Waals surface area contributed by atoms with Gasteiger partial charge in [0.25, 0.3) is 0 Å². The predicted octanol–water partition coefficient (Wildman–Crippen LogP) is 2.26. The van der Waals surface area contributed by atoms with Crippen molar-refractivity contribution in [1.82, 2.24) is 19.9 Å². The van der Waals surface area contributed by atoms with Crippen molar-refractivity contribution in [3.63, 3.8) is 0 Å². The summed E-state index contributed by atoms with van der Waals surface area (Å²) >= 11 is 0. The summed E-state index contributed by atoms with van der Waals surface area (Å²) in [5.74, 6) is 0.813. The number of H-pyrrole nitrogens is 1. The Labute approximate surface area is 146 Å². The van der Waals surface area contributed by atoms with Gasteiger partial charge in [-0.05, 0) is 23.3 Å². The summed E-state index contributed by atoms with van der Waals surface area (Å²) in [6.45, 7) is 5.16. The number of fused-ring (bicyclic) bond motifs is 1. The molecule has 1 fully saturated rings. The van der Waals surface area contributed by atoms with Gasteiger partial charge in [-0.3, -0.25) is 9.88 Å². The molecule has 0 saturated carbocycles. The van der Waals surface area contributed by atoms with Gasteiger partial charge < -0.3 is 14.5 Å². The first kappa shape index (κ1) is 16.1. The molecule has 6 nitrogen and oxygen atoms in total. The van der Waals surface area contributed by atoms with Gasteiger partial charge >= 0.3 is 0 Å². The number of aromatic amines is 1. The molecule has 0 radical (unpaired) electrons. The molecule has 1 aliphatic heterocycles. The molecule has 0 atom stereocenters. The Kier molecular flexibility index (Phi) is 4.90. The van der Waals surface area contributed by atoms with Crippen LogP contribution in [0.25, 0.3) is 11.0 Å². The lowest BCUT2D eigenvalue weighted by Crippen LogP contribution is -2.38. The van der Waals surface area contributed by atoms with E-state index in [1.54, 1.807) is 12.4 Å². The number of morpholine rings is 1. The molecular formula is C19H22N4O2. The van der Waals surface area contributed by atoms with Gasteiger partial charge in [0.2, 0.25) is 0 Å². The van der Waals surface area contributed by atoms with E-state index in [0.717, 1.165) is 56.1 Å². The van der Waals surface area contributed by atoms with E-state index in [4.69, 9.17) is 9.47 Å². The van der Waals surface area contributed by atoms with Crippen LogP contribution in [0.3, 0.4) is 0 Å². The summed E-state index contributed by atoms with van der Waals surface area (Å²) in [6.07, 6.45) is 8.32. The van der Waals surface area contributed by atoms with Crippen molar-refractivity contribution in [1.29, 1.82) is 0 Å². The van der Waals surface area contributed by atoms with E-state index in [9.17, 15) is 0 Å². The quantitative estimate of drug-likeness (QED) is 0.747. The number of ether oxygens (including phenoxy) is 2. The molecular weight excluding hydrogens is 316 g/mol. The van der Waals surface area contributed by atoms with Crippen molar-refractivity contribution < 1.29 is 9.47 Å². The molecule has 1 saturated heterocycles. The van der Waals surface area contributed by atoms with Crippen LogP contribution in [0.5, 0.6) is 5.75 Å². The first-order valence-corrected chi connectivity index (χ1v) is 8.66. The van der Waals surface area contributed by atoms with Crippen LogP contribution in [0.1, 0.15) is 11.1 Å². The van der Waals surface area contributed by atoms with E-state index in [-0.39, 0.29) is 0 Å². The zero-order valence-corrected chi connectivity index (χ0v) is 14.1. The molecule has 1 N–H and O–H groups in total. The second-order valence-corrected chi connectivity index (χ2v) is 6.22. The smallest absolute Gasteiger partial charge is 0.138 e. The molecule has 25 heavy (non-hydrogen) atoms. The van der Waals surface area contributed by atoms with Crippen LogP contribution in [0.2, 0.25) is 0 Å². The lowest BCUT2D eigenvalue weighted by Gasteiger charge is -2.26. The molecule has 0 bridgehead atoms. The molecule has 0 spiro atoms. The molecule has 130 valence electrons. The van der Waals surface area contributed by atoms with Gasteiger partial charge in [-0.25, -0.2) is 4.98 Å². The van der Waals surface area contributed by atoms with Crippen LogP contribution >= 0.6 is 0 Å². The van der Waals surface area contributed by atoms with Crippen LogP contribution in [-0.4, -0.2) is 59.3 Å². The summed E-state index contributed by atoms with van der Waals surface area (Å²) < 4.78 is 11.3. The van der Waals surface area contributed by atoms with Gasteiger partial charge in [-0.1, -0.05) is 6.07 Å². The third kappa shape index (κ3) is 3.97. The molecule has 3 aromatic rings. The number of hydrogen-bond acceptors (Lipinski definition) is 5. The fourth-order valence-corrected chi connectivity index (χ4v) is 3.10. The highest BCUT2D eigenvalue weighted by Gasteiger charge is 2.11. The molecule has 6 heteroatoms. The highest BCUT2D eigenvalue weighted by molar-refractivity contribution is 5.81. The molecule has 0 aromatic carbocycles. The second-order valence-electron chi connectivity index (χ2n) is 6.22. The normalized spacial score (nSPS) is 15.5. The molecule has 0 unspecified atom stereocenters. The Morgan fingerprint density at radius 2 is 2.16 bits per heavy atom. The fourth-order valence-electron chi connectivity index (χ4n) is 3.10. The van der Waals surface area contributed by atoms with Crippen LogP contribution in [0.15, 0.2) is 43.0 Å². The van der Waals surface area contributed by atoms with Crippen molar-refractivity contribution in [2.24, 2.45) is 0 Å². The van der Waals surface area contributed by atoms with Crippen LogP contribution in [0.4, 0.5) is 0 Å². The minimum atomic E-state index is 0.662. The van der Waals surface area contributed by atoms with E-state index in [1.807, 2.05) is 18.5 Å². The minimum absolute atomic E-state index is 0.662. The Balaban J connectivity index is 1.42. The van der Waals surface area contributed by atoms with Gasteiger partial charge in [0.05, 0.1) is 19.4 Å². The first-order valence-electron chi connectivity index (χ1n) is 8.66. The summed E-state index contributed by atoms with van der Waals surface area (Å²) in [6, 6.07) is 6.12. The van der Waals surface area contributed by atoms with Crippen molar-refractivity contribution in [2.75, 3.05) is 39.5 Å². The summed E-state index contributed by atoms with van der Waals surface area (Å²) in [5, 5.41) is 1.10. The molecule has 0 aliphatic carbocycles. The van der Waals surface area contributed by atoms with Crippen molar-refractivity contribution >= 4 is 11.0 Å². The summed E-state index contributed by atoms with van der Waals surface area (Å²) in [5.41, 5.74) is 3.27. The average molecular weight is 338 g/mol. The van der Waals surface area contributed by atoms with Gasteiger partial charge in [0.1, 0.15) is 18.0 Å². The highest BCUT2D eigenvalue weighted by atomic mass is 16.5. The SMILES string of the molecule is c1cncc(Cc2c[nH]c3ncc(OCCN4CCOCC4)cc23)c1. The molecule has 0 amide bonds. The predicted molar refractivity (Wildman–Crippen MR) is 95.9 cm³/mol. The zero-order chi connectivity index (χ0) is 16.9. The number of pyridine rings is 2. The van der Waals surface area contributed by atoms with Gasteiger partial charge in [0, 0.05) is 50.0 Å². The van der Waals surface area contributed by atoms with Crippen LogP contribution < -0.4 is 4.74 Å². The Morgan fingerprint density at radius 3 is 3.00 bits per heavy atom. The monoisotopic (exact) mass is 338 g/mol. The van der Waals surface area contributed by atoms with E-state index < -0.39 is 0 Å². The Morgan fingerprint density at radius 1 is 1.24 bits per heavy atom. The Hall–Kier alpha value is -2.44. The maximum absolute atomic E-state index is 5.92. The van der Waals surface area contributed by atoms with E-state index >= 15 is 0 Å². The van der Waals surface area contributed by atoms with Crippen molar-refractivity contribution in [3.05, 3.63) is 54.1 Å². The molecule has 1 aliphatic rings. The number of aromatic nitrogens is 3. The van der Waals surface area contributed by atoms with Crippen LogP contribution in [0, 0.1) is 0 Å². The third-order valence-corrected chi connectivity index (χ3v) is 4.49. The highest BCUT2D eigenvalue weighted by Crippen LogP contribution is 2.23. The lowest BCUT2D eigenvalue weighted by atomic mass is 10.1. The standard InChI is InChI=1S/C19H22N4O2/c1-2-15(12-20-3-1)10-16-13-21-19-18(16)11-17(14-22-19)25-9-6-23-4-7-24-8-5-23/h1-3,11-14H,4-10H2,(H,21,22).